The minimum Gasteiger partial charge on any atom is -0.301 e. The lowest BCUT2D eigenvalue weighted by Crippen LogP contribution is -2.15. The van der Waals surface area contributed by atoms with Crippen LogP contribution >= 0.6 is 11.6 Å². The molecule has 0 fully saturated rings. The number of fused-ring (bicyclic) bond motifs is 1. The molecule has 4 nitrogen and oxygen atoms in total. The molecule has 0 amide bonds. The van der Waals surface area contributed by atoms with E-state index < -0.39 is 15.8 Å². The van der Waals surface area contributed by atoms with Crippen LogP contribution in [0, 0.1) is 5.82 Å². The van der Waals surface area contributed by atoms with Gasteiger partial charge < -0.3 is 4.40 Å². The number of benzene rings is 1. The number of nitrogens with one attached hydrogen (secondary N) is 1. The first-order valence-electron chi connectivity index (χ1n) is 8.57. The molecule has 1 aliphatic carbocycles. The predicted molar refractivity (Wildman–Crippen MR) is 110 cm³/mol. The number of anilines is 1. The van der Waals surface area contributed by atoms with Gasteiger partial charge in [-0.1, -0.05) is 42.0 Å². The van der Waals surface area contributed by atoms with Crippen molar-refractivity contribution in [1.29, 1.82) is 0 Å². The molecule has 7 heteroatoms. The number of nitrogens with zero attached hydrogens (tertiary/aromatic N) is 1. The predicted octanol–water partition coefficient (Wildman–Crippen LogP) is 5.43. The first-order valence-corrected chi connectivity index (χ1v) is 10.4. The van der Waals surface area contributed by atoms with Crippen LogP contribution in [-0.2, 0) is 10.0 Å². The van der Waals surface area contributed by atoms with E-state index in [4.69, 9.17) is 11.6 Å². The summed E-state index contributed by atoms with van der Waals surface area (Å²) in [4.78, 5) is -0.0233. The van der Waals surface area contributed by atoms with Crippen LogP contribution in [0.5, 0.6) is 0 Å². The zero-order valence-electron chi connectivity index (χ0n) is 14.6. The third-order valence-electron chi connectivity index (χ3n) is 4.40. The normalized spacial score (nSPS) is 14.1. The number of hydrogen-bond acceptors (Lipinski definition) is 2. The number of hydrogen-bond donors (Lipinski definition) is 1. The molecule has 1 aliphatic rings. The van der Waals surface area contributed by atoms with E-state index in [-0.39, 0.29) is 4.90 Å². The highest BCUT2D eigenvalue weighted by atomic mass is 35.5. The molecule has 2 heterocycles. The van der Waals surface area contributed by atoms with E-state index in [0.29, 0.717) is 16.4 Å². The Hall–Kier alpha value is -2.83. The quantitative estimate of drug-likeness (QED) is 0.618. The zero-order chi connectivity index (χ0) is 19.7. The number of pyridine rings is 1. The maximum atomic E-state index is 13.1. The third kappa shape index (κ3) is 3.61. The van der Waals surface area contributed by atoms with E-state index in [9.17, 15) is 12.8 Å². The van der Waals surface area contributed by atoms with E-state index in [1.165, 1.54) is 12.1 Å². The summed E-state index contributed by atoms with van der Waals surface area (Å²) in [6.45, 7) is 0. The molecular weight excluding hydrogens is 399 g/mol. The highest BCUT2D eigenvalue weighted by Gasteiger charge is 2.17. The van der Waals surface area contributed by atoms with Crippen molar-refractivity contribution in [1.82, 2.24) is 4.40 Å². The number of rotatable bonds is 4. The summed E-state index contributed by atoms with van der Waals surface area (Å²) in [6, 6.07) is 9.82. The van der Waals surface area contributed by atoms with Crippen LogP contribution in [0.25, 0.3) is 11.1 Å². The standard InChI is InChI=1S/C21H16ClFN2O2S/c22-19-11-12-21(24-28(26,27)18-9-7-17(23)8-10-18)25-14-16(13-20(19)25)15-5-3-1-2-4-6-15/h1-3,5-14,24H,4H2. The molecule has 0 atom stereocenters. The molecule has 0 saturated heterocycles. The Morgan fingerprint density at radius 1 is 1.07 bits per heavy atom. The Bertz CT molecular complexity index is 1240. The Morgan fingerprint density at radius 2 is 1.86 bits per heavy atom. The smallest absolute Gasteiger partial charge is 0.263 e. The van der Waals surface area contributed by atoms with Gasteiger partial charge in [-0.2, -0.15) is 0 Å². The Labute approximate surface area is 167 Å². The van der Waals surface area contributed by atoms with Crippen molar-refractivity contribution in [2.75, 3.05) is 4.72 Å². The molecular formula is C21H16ClFN2O2S. The minimum atomic E-state index is -3.88. The van der Waals surface area contributed by atoms with E-state index >= 15 is 0 Å². The van der Waals surface area contributed by atoms with Crippen LogP contribution in [0.2, 0.25) is 5.02 Å². The van der Waals surface area contributed by atoms with Crippen molar-refractivity contribution >= 4 is 38.5 Å². The average molecular weight is 415 g/mol. The molecule has 4 rings (SSSR count). The van der Waals surface area contributed by atoms with Crippen LogP contribution in [-0.4, -0.2) is 12.8 Å². The molecule has 1 aromatic carbocycles. The number of halogens is 2. The van der Waals surface area contributed by atoms with Gasteiger partial charge in [-0.15, -0.1) is 0 Å². The van der Waals surface area contributed by atoms with Gasteiger partial charge in [0.1, 0.15) is 11.6 Å². The molecule has 3 aromatic rings. The van der Waals surface area contributed by atoms with E-state index in [1.807, 2.05) is 30.5 Å². The van der Waals surface area contributed by atoms with Gasteiger partial charge in [0.05, 0.1) is 15.4 Å². The summed E-state index contributed by atoms with van der Waals surface area (Å²) in [6.07, 6.45) is 12.7. The van der Waals surface area contributed by atoms with Gasteiger partial charge >= 0.3 is 0 Å². The first kappa shape index (κ1) is 18.5. The highest BCUT2D eigenvalue weighted by Crippen LogP contribution is 2.29. The lowest BCUT2D eigenvalue weighted by Gasteiger charge is -2.11. The fraction of sp³-hybridized carbons (Fsp3) is 0.0476. The summed E-state index contributed by atoms with van der Waals surface area (Å²) < 4.78 is 42.7. The van der Waals surface area contributed by atoms with Gasteiger partial charge in [0.15, 0.2) is 0 Å². The van der Waals surface area contributed by atoms with Crippen LogP contribution in [0.4, 0.5) is 10.2 Å². The fourth-order valence-corrected chi connectivity index (χ4v) is 4.27. The van der Waals surface area contributed by atoms with Gasteiger partial charge in [0.2, 0.25) is 0 Å². The third-order valence-corrected chi connectivity index (χ3v) is 6.09. The summed E-state index contributed by atoms with van der Waals surface area (Å²) in [5, 5.41) is 0.507. The minimum absolute atomic E-state index is 0.0233. The lowest BCUT2D eigenvalue weighted by molar-refractivity contribution is 0.599. The van der Waals surface area contributed by atoms with Crippen molar-refractivity contribution < 1.29 is 12.8 Å². The molecule has 1 N–H and O–H groups in total. The number of aromatic nitrogens is 1. The van der Waals surface area contributed by atoms with E-state index in [0.717, 1.165) is 29.7 Å². The molecule has 0 saturated carbocycles. The number of allylic oxidation sites excluding steroid dienone is 6. The molecule has 28 heavy (non-hydrogen) atoms. The Balaban J connectivity index is 1.76. The van der Waals surface area contributed by atoms with Gasteiger partial charge in [-0.3, -0.25) is 4.72 Å². The maximum absolute atomic E-state index is 13.1. The summed E-state index contributed by atoms with van der Waals surface area (Å²) in [5.41, 5.74) is 2.63. The largest absolute Gasteiger partial charge is 0.301 e. The monoisotopic (exact) mass is 414 g/mol. The van der Waals surface area contributed by atoms with Gasteiger partial charge in [-0.25, -0.2) is 12.8 Å². The molecule has 0 radical (unpaired) electrons. The van der Waals surface area contributed by atoms with E-state index in [1.54, 1.807) is 16.5 Å². The molecule has 2 aromatic heterocycles. The Morgan fingerprint density at radius 3 is 2.64 bits per heavy atom. The van der Waals surface area contributed by atoms with Crippen molar-refractivity contribution in [2.45, 2.75) is 11.3 Å². The summed E-state index contributed by atoms with van der Waals surface area (Å²) in [7, 11) is -3.88. The summed E-state index contributed by atoms with van der Waals surface area (Å²) >= 11 is 6.33. The molecule has 0 spiro atoms. The molecule has 0 aliphatic heterocycles. The van der Waals surface area contributed by atoms with Crippen LogP contribution < -0.4 is 4.72 Å². The molecule has 0 unspecified atom stereocenters. The van der Waals surface area contributed by atoms with E-state index in [2.05, 4.69) is 16.9 Å². The van der Waals surface area contributed by atoms with Gasteiger partial charge in [-0.05, 0) is 54.5 Å². The van der Waals surface area contributed by atoms with Crippen molar-refractivity contribution in [3.8, 4) is 0 Å². The average Bonchev–Trinajstić information content (AvgIpc) is 2.94. The van der Waals surface area contributed by atoms with Crippen molar-refractivity contribution in [2.24, 2.45) is 0 Å². The highest BCUT2D eigenvalue weighted by molar-refractivity contribution is 7.92. The topological polar surface area (TPSA) is 50.6 Å². The van der Waals surface area contributed by atoms with Gasteiger partial charge in [0, 0.05) is 11.8 Å². The SMILES string of the molecule is O=S(=O)(Nc1ccc(Cl)c2cc(C3=CCC=CC=C3)cn12)c1ccc(F)cc1. The second kappa shape index (κ2) is 7.30. The van der Waals surface area contributed by atoms with Crippen LogP contribution in [0.1, 0.15) is 12.0 Å². The second-order valence-electron chi connectivity index (χ2n) is 6.29. The maximum Gasteiger partial charge on any atom is 0.263 e. The Kier molecular flexibility index (Phi) is 4.83. The fourth-order valence-electron chi connectivity index (χ4n) is 3.01. The first-order chi connectivity index (χ1) is 13.4. The molecule has 0 bridgehead atoms. The number of sulfonamides is 1. The van der Waals surface area contributed by atoms with Gasteiger partial charge in [0.25, 0.3) is 10.0 Å². The van der Waals surface area contributed by atoms with Crippen LogP contribution in [0.15, 0.2) is 83.9 Å². The second-order valence-corrected chi connectivity index (χ2v) is 8.38. The molecule has 142 valence electrons. The summed E-state index contributed by atoms with van der Waals surface area (Å²) in [5.74, 6) is -0.159. The lowest BCUT2D eigenvalue weighted by atomic mass is 10.1. The van der Waals surface area contributed by atoms with Crippen molar-refractivity contribution in [3.63, 3.8) is 0 Å². The van der Waals surface area contributed by atoms with Crippen molar-refractivity contribution in [3.05, 3.63) is 95.4 Å². The zero-order valence-corrected chi connectivity index (χ0v) is 16.2. The van der Waals surface area contributed by atoms with Crippen LogP contribution in [0.3, 0.4) is 0 Å².